The van der Waals surface area contributed by atoms with Crippen molar-refractivity contribution in [2.45, 2.75) is 43.7 Å². The number of rotatable bonds is 5. The van der Waals surface area contributed by atoms with Gasteiger partial charge in [-0.3, -0.25) is 4.79 Å². The first kappa shape index (κ1) is 18.6. The molecule has 2 aromatic rings. The Bertz CT molecular complexity index is 892. The summed E-state index contributed by atoms with van der Waals surface area (Å²) in [4.78, 5) is 12.6. The zero-order valence-electron chi connectivity index (χ0n) is 15.1. The monoisotopic (exact) mass is 372 g/mol. The zero-order chi connectivity index (χ0) is 18.7. The number of aryl methyl sites for hydroxylation is 1. The van der Waals surface area contributed by atoms with E-state index in [1.165, 1.54) is 11.4 Å². The van der Waals surface area contributed by atoms with E-state index in [4.69, 9.17) is 0 Å². The first-order valence-electron chi connectivity index (χ1n) is 8.86. The zero-order valence-corrected chi connectivity index (χ0v) is 15.9. The third-order valence-corrected chi connectivity index (χ3v) is 6.69. The van der Waals surface area contributed by atoms with Gasteiger partial charge in [-0.25, -0.2) is 8.42 Å². The lowest BCUT2D eigenvalue weighted by Crippen LogP contribution is -2.51. The average Bonchev–Trinajstić information content (AvgIpc) is 2.67. The van der Waals surface area contributed by atoms with E-state index in [1.807, 2.05) is 36.4 Å². The van der Waals surface area contributed by atoms with E-state index in [2.05, 4.69) is 12.2 Å². The number of sulfonamides is 1. The Morgan fingerprint density at radius 3 is 2.38 bits per heavy atom. The predicted molar refractivity (Wildman–Crippen MR) is 101 cm³/mol. The number of hydrogen-bond acceptors (Lipinski definition) is 3. The molecular weight excluding hydrogens is 348 g/mol. The molecule has 2 aromatic carbocycles. The van der Waals surface area contributed by atoms with Gasteiger partial charge >= 0.3 is 0 Å². The van der Waals surface area contributed by atoms with E-state index in [0.29, 0.717) is 6.42 Å². The minimum absolute atomic E-state index is 0.202. The van der Waals surface area contributed by atoms with Crippen LogP contribution in [0.5, 0.6) is 0 Å². The number of hydrogen-bond donors (Lipinski definition) is 1. The Labute approximate surface area is 155 Å². The van der Waals surface area contributed by atoms with E-state index in [9.17, 15) is 13.2 Å². The summed E-state index contributed by atoms with van der Waals surface area (Å²) in [6.45, 7) is 2.29. The molecule has 1 unspecified atom stereocenters. The van der Waals surface area contributed by atoms with Gasteiger partial charge < -0.3 is 5.32 Å². The highest BCUT2D eigenvalue weighted by molar-refractivity contribution is 7.89. The van der Waals surface area contributed by atoms with Crippen LogP contribution < -0.4 is 5.32 Å². The van der Waals surface area contributed by atoms with E-state index in [1.54, 1.807) is 12.1 Å². The number of carbonyl (C=O) groups is 1. The van der Waals surface area contributed by atoms with Crippen LogP contribution in [0.25, 0.3) is 0 Å². The van der Waals surface area contributed by atoms with E-state index >= 15 is 0 Å². The van der Waals surface area contributed by atoms with Gasteiger partial charge in [-0.15, -0.1) is 0 Å². The topological polar surface area (TPSA) is 66.5 Å². The first-order valence-corrected chi connectivity index (χ1v) is 10.3. The van der Waals surface area contributed by atoms with Crippen molar-refractivity contribution in [3.05, 3.63) is 65.2 Å². The van der Waals surface area contributed by atoms with Gasteiger partial charge in [0, 0.05) is 13.6 Å². The summed E-state index contributed by atoms with van der Waals surface area (Å²) >= 11 is 0. The highest BCUT2D eigenvalue weighted by Crippen LogP contribution is 2.29. The minimum Gasteiger partial charge on any atom is -0.358 e. The molecule has 0 aliphatic carbocycles. The molecule has 1 aliphatic heterocycles. The number of carbonyl (C=O) groups excluding carboxylic acids is 1. The molecule has 138 valence electrons. The Balaban J connectivity index is 1.99. The fourth-order valence-corrected chi connectivity index (χ4v) is 4.96. The second-order valence-electron chi connectivity index (χ2n) is 6.55. The highest BCUT2D eigenvalue weighted by Gasteiger charge is 2.39. The van der Waals surface area contributed by atoms with Gasteiger partial charge in [0.25, 0.3) is 0 Å². The average molecular weight is 372 g/mol. The number of nitrogens with one attached hydrogen (secondary N) is 1. The molecule has 0 bridgehead atoms. The molecule has 0 saturated carbocycles. The number of likely N-dealkylation sites (N-methyl/N-ethyl adjacent to an activating group) is 1. The Hall–Kier alpha value is -2.18. The molecule has 5 nitrogen and oxygen atoms in total. The van der Waals surface area contributed by atoms with E-state index in [-0.39, 0.29) is 17.3 Å². The molecule has 1 amide bonds. The van der Waals surface area contributed by atoms with Gasteiger partial charge in [0.05, 0.1) is 4.90 Å². The van der Waals surface area contributed by atoms with Crippen LogP contribution in [-0.4, -0.2) is 31.7 Å². The van der Waals surface area contributed by atoms with E-state index < -0.39 is 16.1 Å². The summed E-state index contributed by atoms with van der Waals surface area (Å²) in [7, 11) is -2.23. The molecule has 0 spiro atoms. The van der Waals surface area contributed by atoms with Crippen molar-refractivity contribution in [3.8, 4) is 0 Å². The molecule has 0 fully saturated rings. The van der Waals surface area contributed by atoms with Crippen molar-refractivity contribution >= 4 is 15.9 Å². The van der Waals surface area contributed by atoms with Gasteiger partial charge in [-0.05, 0) is 41.7 Å². The molecule has 3 rings (SSSR count). The third-order valence-electron chi connectivity index (χ3n) is 4.82. The van der Waals surface area contributed by atoms with Gasteiger partial charge in [0.15, 0.2) is 0 Å². The first-order chi connectivity index (χ1) is 12.5. The molecule has 0 aromatic heterocycles. The Morgan fingerprint density at radius 2 is 1.77 bits per heavy atom. The fraction of sp³-hybridized carbons (Fsp3) is 0.350. The maximum Gasteiger partial charge on any atom is 0.244 e. The van der Waals surface area contributed by atoms with Crippen molar-refractivity contribution < 1.29 is 13.2 Å². The summed E-state index contributed by atoms with van der Waals surface area (Å²) in [6, 6.07) is 13.9. The van der Waals surface area contributed by atoms with Crippen LogP contribution in [-0.2, 0) is 34.2 Å². The number of nitrogens with zero attached hydrogens (tertiary/aromatic N) is 1. The quantitative estimate of drug-likeness (QED) is 0.877. The summed E-state index contributed by atoms with van der Waals surface area (Å²) in [5.74, 6) is -0.286. The largest absolute Gasteiger partial charge is 0.358 e. The molecule has 6 heteroatoms. The molecule has 0 saturated heterocycles. The lowest BCUT2D eigenvalue weighted by Gasteiger charge is -2.34. The number of amides is 1. The fourth-order valence-electron chi connectivity index (χ4n) is 3.39. The molecule has 1 aliphatic rings. The molecular formula is C20H24N2O3S. The number of benzene rings is 2. The maximum absolute atomic E-state index is 13.2. The van der Waals surface area contributed by atoms with Crippen molar-refractivity contribution in [1.29, 1.82) is 0 Å². The lowest BCUT2D eigenvalue weighted by atomic mass is 9.95. The van der Waals surface area contributed by atoms with Gasteiger partial charge in [-0.2, -0.15) is 4.31 Å². The highest BCUT2D eigenvalue weighted by atomic mass is 32.2. The van der Waals surface area contributed by atoms with Crippen LogP contribution in [0.3, 0.4) is 0 Å². The smallest absolute Gasteiger partial charge is 0.244 e. The van der Waals surface area contributed by atoms with Crippen LogP contribution in [0, 0.1) is 0 Å². The minimum atomic E-state index is -3.77. The Morgan fingerprint density at radius 1 is 1.12 bits per heavy atom. The van der Waals surface area contributed by atoms with Crippen molar-refractivity contribution in [3.63, 3.8) is 0 Å². The van der Waals surface area contributed by atoms with Gasteiger partial charge in [0.2, 0.25) is 15.9 Å². The van der Waals surface area contributed by atoms with Crippen molar-refractivity contribution in [2.24, 2.45) is 0 Å². The second-order valence-corrected chi connectivity index (χ2v) is 8.44. The Kier molecular flexibility index (Phi) is 5.44. The standard InChI is InChI=1S/C20H24N2O3S/c1-3-6-15-9-11-18(12-10-15)26(24,25)22-14-17-8-5-4-7-16(17)13-19(22)20(23)21-2/h4-5,7-12,19H,3,6,13-14H2,1-2H3,(H,21,23). The molecule has 1 N–H and O–H groups in total. The molecule has 1 atom stereocenters. The van der Waals surface area contributed by atoms with Crippen LogP contribution in [0.4, 0.5) is 0 Å². The van der Waals surface area contributed by atoms with Crippen molar-refractivity contribution in [1.82, 2.24) is 9.62 Å². The van der Waals surface area contributed by atoms with Gasteiger partial charge in [-0.1, -0.05) is 49.7 Å². The summed E-state index contributed by atoms with van der Waals surface area (Å²) < 4.78 is 27.8. The normalized spacial score (nSPS) is 17.5. The SMILES string of the molecule is CCCc1ccc(S(=O)(=O)N2Cc3ccccc3CC2C(=O)NC)cc1. The number of fused-ring (bicyclic) bond motifs is 1. The predicted octanol–water partition coefficient (Wildman–Crippen LogP) is 2.50. The molecule has 1 heterocycles. The third kappa shape index (κ3) is 3.52. The molecule has 26 heavy (non-hydrogen) atoms. The van der Waals surface area contributed by atoms with E-state index in [0.717, 1.165) is 29.5 Å². The van der Waals surface area contributed by atoms with Crippen LogP contribution >= 0.6 is 0 Å². The van der Waals surface area contributed by atoms with Crippen LogP contribution in [0.1, 0.15) is 30.0 Å². The second kappa shape index (κ2) is 7.60. The van der Waals surface area contributed by atoms with Gasteiger partial charge in [0.1, 0.15) is 6.04 Å². The van der Waals surface area contributed by atoms with Crippen LogP contribution in [0.2, 0.25) is 0 Å². The molecule has 0 radical (unpaired) electrons. The summed E-state index contributed by atoms with van der Waals surface area (Å²) in [6.07, 6.45) is 2.30. The maximum atomic E-state index is 13.2. The lowest BCUT2D eigenvalue weighted by molar-refractivity contribution is -0.124. The summed E-state index contributed by atoms with van der Waals surface area (Å²) in [5.41, 5.74) is 3.07. The van der Waals surface area contributed by atoms with Crippen LogP contribution in [0.15, 0.2) is 53.4 Å². The summed E-state index contributed by atoms with van der Waals surface area (Å²) in [5, 5.41) is 2.60. The van der Waals surface area contributed by atoms with Crippen molar-refractivity contribution in [2.75, 3.05) is 7.05 Å².